The second-order valence-corrected chi connectivity index (χ2v) is 8.63. The van der Waals surface area contributed by atoms with Crippen molar-refractivity contribution in [2.75, 3.05) is 26.4 Å². The van der Waals surface area contributed by atoms with E-state index in [-0.39, 0.29) is 5.82 Å². The van der Waals surface area contributed by atoms with Crippen molar-refractivity contribution in [3.63, 3.8) is 0 Å². The summed E-state index contributed by atoms with van der Waals surface area (Å²) >= 11 is 0. The average Bonchev–Trinajstić information content (AvgIpc) is 3.34. The average molecular weight is 380 g/mol. The smallest absolute Gasteiger partial charge is 0.231 e. The summed E-state index contributed by atoms with van der Waals surface area (Å²) in [6.45, 7) is 4.57. The minimum absolute atomic E-state index is 0.144. The summed E-state index contributed by atoms with van der Waals surface area (Å²) in [7, 11) is 0. The fourth-order valence-corrected chi connectivity index (χ4v) is 6.03. The van der Waals surface area contributed by atoms with Gasteiger partial charge in [0.2, 0.25) is 6.79 Å². The molecule has 0 spiro atoms. The molecule has 28 heavy (non-hydrogen) atoms. The van der Waals surface area contributed by atoms with Gasteiger partial charge in [-0.05, 0) is 67.2 Å². The summed E-state index contributed by atoms with van der Waals surface area (Å²) in [5.41, 5.74) is 2.41. The molecule has 0 N–H and O–H groups in total. The SMILES string of the molecule is Fc1cccc(CN2C[C@@H](c3ccc4c(c3)OCO4)[C@@H]3[C@H]2C2CCN3CC2)c1. The predicted molar refractivity (Wildman–Crippen MR) is 104 cm³/mol. The fourth-order valence-electron chi connectivity index (χ4n) is 6.03. The molecule has 5 heterocycles. The molecule has 5 aliphatic heterocycles. The Morgan fingerprint density at radius 1 is 0.964 bits per heavy atom. The van der Waals surface area contributed by atoms with Crippen molar-refractivity contribution in [1.29, 1.82) is 0 Å². The second kappa shape index (κ2) is 6.46. The molecular formula is C23H25FN2O2. The van der Waals surface area contributed by atoms with Gasteiger partial charge in [-0.3, -0.25) is 9.80 Å². The molecule has 2 aromatic rings. The maximum atomic E-state index is 13.7. The first-order chi connectivity index (χ1) is 13.8. The summed E-state index contributed by atoms with van der Waals surface area (Å²) in [5.74, 6) is 2.78. The number of nitrogens with zero attached hydrogens (tertiary/aromatic N) is 2. The van der Waals surface area contributed by atoms with Gasteiger partial charge in [-0.15, -0.1) is 0 Å². The van der Waals surface area contributed by atoms with Gasteiger partial charge in [0.15, 0.2) is 11.5 Å². The number of piperidine rings is 3. The molecule has 0 aromatic heterocycles. The lowest BCUT2D eigenvalue weighted by Crippen LogP contribution is -2.59. The Bertz CT molecular complexity index is 896. The van der Waals surface area contributed by atoms with E-state index in [1.165, 1.54) is 37.6 Å². The van der Waals surface area contributed by atoms with Gasteiger partial charge in [-0.2, -0.15) is 0 Å². The van der Waals surface area contributed by atoms with Crippen LogP contribution in [0.25, 0.3) is 0 Å². The minimum atomic E-state index is -0.144. The van der Waals surface area contributed by atoms with Crippen molar-refractivity contribution in [3.8, 4) is 11.5 Å². The lowest BCUT2D eigenvalue weighted by molar-refractivity contribution is -0.00871. The Morgan fingerprint density at radius 3 is 2.68 bits per heavy atom. The molecule has 3 atom stereocenters. The van der Waals surface area contributed by atoms with Gasteiger partial charge in [0.05, 0.1) is 0 Å². The van der Waals surface area contributed by atoms with Crippen molar-refractivity contribution in [2.45, 2.75) is 37.4 Å². The first kappa shape index (κ1) is 16.8. The molecule has 0 radical (unpaired) electrons. The molecule has 0 unspecified atom stereocenters. The first-order valence-corrected chi connectivity index (χ1v) is 10.4. The Balaban J connectivity index is 1.34. The quantitative estimate of drug-likeness (QED) is 0.812. The Kier molecular flexibility index (Phi) is 3.88. The molecule has 0 saturated carbocycles. The van der Waals surface area contributed by atoms with Crippen molar-refractivity contribution >= 4 is 0 Å². The zero-order chi connectivity index (χ0) is 18.7. The van der Waals surface area contributed by atoms with Gasteiger partial charge in [0.1, 0.15) is 5.82 Å². The predicted octanol–water partition coefficient (Wildman–Crippen LogP) is 3.62. The van der Waals surface area contributed by atoms with E-state index in [1.54, 1.807) is 6.07 Å². The zero-order valence-electron chi connectivity index (χ0n) is 15.9. The van der Waals surface area contributed by atoms with Crippen LogP contribution in [0.2, 0.25) is 0 Å². The number of ether oxygens (including phenoxy) is 2. The summed E-state index contributed by atoms with van der Waals surface area (Å²) in [4.78, 5) is 5.32. The highest BCUT2D eigenvalue weighted by molar-refractivity contribution is 5.46. The standard InChI is InChI=1S/C23H25FN2O2/c24-18-3-1-2-15(10-18)12-26-13-19(17-4-5-20-21(11-17)28-14-27-20)23-22(26)16-6-8-25(23)9-7-16/h1-5,10-11,16,19,22-23H,6-9,12-14H2/t19-,22+,23+/m0/s1. The number of halogens is 1. The van der Waals surface area contributed by atoms with E-state index in [9.17, 15) is 4.39 Å². The summed E-state index contributed by atoms with van der Waals surface area (Å²) < 4.78 is 24.9. The van der Waals surface area contributed by atoms with E-state index < -0.39 is 0 Å². The molecule has 0 amide bonds. The van der Waals surface area contributed by atoms with Gasteiger partial charge in [-0.1, -0.05) is 18.2 Å². The maximum Gasteiger partial charge on any atom is 0.231 e. The van der Waals surface area contributed by atoms with Gasteiger partial charge in [0, 0.05) is 31.1 Å². The summed E-state index contributed by atoms with van der Waals surface area (Å²) in [5, 5.41) is 0. The van der Waals surface area contributed by atoms with Crippen LogP contribution in [0.5, 0.6) is 11.5 Å². The highest BCUT2D eigenvalue weighted by atomic mass is 19.1. The number of fused-ring (bicyclic) bond motifs is 3. The van der Waals surface area contributed by atoms with Gasteiger partial charge < -0.3 is 9.47 Å². The van der Waals surface area contributed by atoms with Crippen LogP contribution in [-0.2, 0) is 6.54 Å². The van der Waals surface area contributed by atoms with Crippen molar-refractivity contribution in [3.05, 3.63) is 59.4 Å². The third-order valence-corrected chi connectivity index (χ3v) is 7.19. The molecule has 2 aromatic carbocycles. The molecular weight excluding hydrogens is 355 g/mol. The van der Waals surface area contributed by atoms with E-state index in [1.807, 2.05) is 12.1 Å². The molecule has 2 bridgehead atoms. The van der Waals surface area contributed by atoms with E-state index >= 15 is 0 Å². The van der Waals surface area contributed by atoms with Crippen LogP contribution in [0, 0.1) is 11.7 Å². The Morgan fingerprint density at radius 2 is 1.82 bits per heavy atom. The van der Waals surface area contributed by atoms with Crippen LogP contribution in [0.1, 0.15) is 29.9 Å². The van der Waals surface area contributed by atoms with Crippen LogP contribution in [-0.4, -0.2) is 48.3 Å². The molecule has 5 aliphatic rings. The first-order valence-electron chi connectivity index (χ1n) is 10.4. The van der Waals surface area contributed by atoms with E-state index in [2.05, 4.69) is 28.0 Å². The zero-order valence-corrected chi connectivity index (χ0v) is 15.9. The summed E-state index contributed by atoms with van der Waals surface area (Å²) in [6.07, 6.45) is 2.57. The molecule has 4 nitrogen and oxygen atoms in total. The molecule has 0 aliphatic carbocycles. The number of hydrogen-bond acceptors (Lipinski definition) is 4. The van der Waals surface area contributed by atoms with Crippen molar-refractivity contribution in [2.24, 2.45) is 5.92 Å². The summed E-state index contributed by atoms with van der Waals surface area (Å²) in [6, 6.07) is 14.6. The molecule has 5 heteroatoms. The Labute approximate surface area is 164 Å². The van der Waals surface area contributed by atoms with Gasteiger partial charge in [0.25, 0.3) is 0 Å². The van der Waals surface area contributed by atoms with Crippen LogP contribution in [0.3, 0.4) is 0 Å². The molecule has 4 fully saturated rings. The molecule has 146 valence electrons. The van der Waals surface area contributed by atoms with Crippen LogP contribution in [0.15, 0.2) is 42.5 Å². The third kappa shape index (κ3) is 2.64. The normalized spacial score (nSPS) is 33.2. The monoisotopic (exact) mass is 380 g/mol. The van der Waals surface area contributed by atoms with Crippen LogP contribution < -0.4 is 9.47 Å². The van der Waals surface area contributed by atoms with Crippen molar-refractivity contribution in [1.82, 2.24) is 9.80 Å². The number of hydrogen-bond donors (Lipinski definition) is 0. The van der Waals surface area contributed by atoms with Crippen LogP contribution >= 0.6 is 0 Å². The Hall–Kier alpha value is -2.11. The van der Waals surface area contributed by atoms with Gasteiger partial charge in [-0.25, -0.2) is 4.39 Å². The third-order valence-electron chi connectivity index (χ3n) is 7.19. The molecule has 7 rings (SSSR count). The fraction of sp³-hybridized carbons (Fsp3) is 0.478. The maximum absolute atomic E-state index is 13.7. The van der Waals surface area contributed by atoms with E-state index in [4.69, 9.17) is 9.47 Å². The van der Waals surface area contributed by atoms with Crippen molar-refractivity contribution < 1.29 is 13.9 Å². The van der Waals surface area contributed by atoms with E-state index in [0.717, 1.165) is 36.1 Å². The highest BCUT2D eigenvalue weighted by Crippen LogP contribution is 2.48. The largest absolute Gasteiger partial charge is 0.454 e. The lowest BCUT2D eigenvalue weighted by Gasteiger charge is -2.51. The van der Waals surface area contributed by atoms with Gasteiger partial charge >= 0.3 is 0 Å². The van der Waals surface area contributed by atoms with Crippen LogP contribution in [0.4, 0.5) is 4.39 Å². The second-order valence-electron chi connectivity index (χ2n) is 8.63. The van der Waals surface area contributed by atoms with E-state index in [0.29, 0.717) is 24.8 Å². The molecule has 4 saturated heterocycles. The number of likely N-dealkylation sites (tertiary alicyclic amines) is 1. The topological polar surface area (TPSA) is 24.9 Å². The highest BCUT2D eigenvalue weighted by Gasteiger charge is 2.53. The lowest BCUT2D eigenvalue weighted by atomic mass is 9.75. The minimum Gasteiger partial charge on any atom is -0.454 e. The number of rotatable bonds is 3. The number of benzene rings is 2.